The van der Waals surface area contributed by atoms with Crippen LogP contribution in [-0.2, 0) is 21.0 Å². The van der Waals surface area contributed by atoms with Gasteiger partial charge < -0.3 is 10.2 Å². The van der Waals surface area contributed by atoms with Gasteiger partial charge in [0.1, 0.15) is 5.82 Å². The topological polar surface area (TPSA) is 69.7 Å². The molecule has 1 amide bonds. The summed E-state index contributed by atoms with van der Waals surface area (Å²) in [6, 6.07) is 6.72. The van der Waals surface area contributed by atoms with Crippen LogP contribution in [0.2, 0.25) is 5.02 Å². The predicted molar refractivity (Wildman–Crippen MR) is 130 cm³/mol. The first-order valence-electron chi connectivity index (χ1n) is 11.5. The maximum absolute atomic E-state index is 13.3. The molecule has 1 heterocycles. The quantitative estimate of drug-likeness (QED) is 0.448. The molecule has 1 saturated heterocycles. The van der Waals surface area contributed by atoms with E-state index in [1.54, 1.807) is 18.7 Å². The third kappa shape index (κ3) is 6.68. The summed E-state index contributed by atoms with van der Waals surface area (Å²) in [4.78, 5) is 13.9. The summed E-state index contributed by atoms with van der Waals surface area (Å²) in [6.07, 6.45) is -3.77. The summed E-state index contributed by atoms with van der Waals surface area (Å²) < 4.78 is 80.5. The number of nitrogens with one attached hydrogen (secondary N) is 1. The molecule has 0 aliphatic carbocycles. The molecule has 0 radical (unpaired) electrons. The molecule has 0 unspecified atom stereocenters. The summed E-state index contributed by atoms with van der Waals surface area (Å²) in [5, 5.41) is 3.20. The number of anilines is 1. The minimum atomic E-state index is -4.66. The second kappa shape index (κ2) is 11.4. The van der Waals surface area contributed by atoms with Crippen molar-refractivity contribution in [2.75, 3.05) is 25.0 Å². The van der Waals surface area contributed by atoms with Gasteiger partial charge in [0, 0.05) is 38.1 Å². The molecule has 12 heteroatoms. The molecule has 0 bridgehead atoms. The Labute approximate surface area is 213 Å². The second-order valence-corrected chi connectivity index (χ2v) is 11.1. The van der Waals surface area contributed by atoms with Gasteiger partial charge in [0.25, 0.3) is 0 Å². The zero-order valence-electron chi connectivity index (χ0n) is 19.9. The number of amides is 1. The summed E-state index contributed by atoms with van der Waals surface area (Å²) in [6.45, 7) is 4.28. The van der Waals surface area contributed by atoms with Crippen LogP contribution in [0.3, 0.4) is 0 Å². The smallest absolute Gasteiger partial charge is 0.383 e. The molecule has 0 saturated carbocycles. The van der Waals surface area contributed by atoms with Crippen LogP contribution in [-0.4, -0.2) is 55.2 Å². The van der Waals surface area contributed by atoms with E-state index in [0.29, 0.717) is 37.7 Å². The number of likely N-dealkylation sites (tertiary alicyclic amines) is 1. The Kier molecular flexibility index (Phi) is 8.89. The lowest BCUT2D eigenvalue weighted by atomic mass is 10.0. The van der Waals surface area contributed by atoms with Crippen LogP contribution >= 0.6 is 11.6 Å². The maximum atomic E-state index is 13.3. The van der Waals surface area contributed by atoms with Crippen molar-refractivity contribution in [2.24, 2.45) is 0 Å². The van der Waals surface area contributed by atoms with E-state index < -0.39 is 44.6 Å². The van der Waals surface area contributed by atoms with Crippen molar-refractivity contribution >= 4 is 33.2 Å². The first-order valence-corrected chi connectivity index (χ1v) is 13.3. The number of piperidine rings is 1. The molecule has 1 aliphatic heterocycles. The molecule has 3 rings (SSSR count). The van der Waals surface area contributed by atoms with Crippen molar-refractivity contribution < 1.29 is 30.8 Å². The zero-order valence-corrected chi connectivity index (χ0v) is 21.4. The predicted octanol–water partition coefficient (Wildman–Crippen LogP) is 5.39. The molecule has 1 aliphatic rings. The van der Waals surface area contributed by atoms with E-state index >= 15 is 0 Å². The van der Waals surface area contributed by atoms with Gasteiger partial charge in [-0.1, -0.05) is 17.7 Å². The Hall–Kier alpha value is -2.37. The van der Waals surface area contributed by atoms with Crippen molar-refractivity contribution in [1.82, 2.24) is 9.21 Å². The number of nitrogens with zero attached hydrogens (tertiary/aromatic N) is 2. The molecule has 198 valence electrons. The molecule has 1 N–H and O–H groups in total. The summed E-state index contributed by atoms with van der Waals surface area (Å²) in [5.74, 6) is -0.592. The lowest BCUT2D eigenvalue weighted by Crippen LogP contribution is -2.51. The van der Waals surface area contributed by atoms with E-state index in [9.17, 15) is 30.8 Å². The number of alkyl halides is 3. The molecule has 0 atom stereocenters. The molecular formula is C24H28ClF4N3O3S. The molecule has 6 nitrogen and oxygen atoms in total. The Morgan fingerprint density at radius 2 is 1.83 bits per heavy atom. The maximum Gasteiger partial charge on any atom is 0.416 e. The largest absolute Gasteiger partial charge is 0.416 e. The first-order chi connectivity index (χ1) is 16.8. The third-order valence-electron chi connectivity index (χ3n) is 6.01. The van der Waals surface area contributed by atoms with Gasteiger partial charge in [-0.15, -0.1) is 0 Å². The fraction of sp³-hybridized carbons (Fsp3) is 0.458. The fourth-order valence-corrected chi connectivity index (χ4v) is 6.48. The van der Waals surface area contributed by atoms with Gasteiger partial charge in [-0.3, -0.25) is 4.79 Å². The molecule has 2 aromatic carbocycles. The van der Waals surface area contributed by atoms with Gasteiger partial charge in [-0.2, -0.15) is 17.5 Å². The van der Waals surface area contributed by atoms with Crippen LogP contribution in [0.25, 0.3) is 0 Å². The van der Waals surface area contributed by atoms with Gasteiger partial charge in [-0.05, 0) is 63.1 Å². The number of hydrogen-bond donors (Lipinski definition) is 1. The SMILES string of the molecule is CC(C)N(C1CCN(C(=O)CCNc2ccc(F)cc2Cl)CC1)S(=O)(=O)c1cccc(C(F)(F)F)c1. The average molecular weight is 550 g/mol. The molecule has 0 spiro atoms. The van der Waals surface area contributed by atoms with Gasteiger partial charge in [0.15, 0.2) is 0 Å². The second-order valence-electron chi connectivity index (χ2n) is 8.87. The standard InChI is InChI=1S/C24H28ClF4N3O3S/c1-16(2)32(36(34,35)20-5-3-4-17(14-20)24(27,28)29)19-9-12-31(13-10-19)23(33)8-11-30-22-7-6-18(26)15-21(22)25/h3-7,14-16,19,30H,8-13H2,1-2H3. The number of benzene rings is 2. The van der Waals surface area contributed by atoms with E-state index in [2.05, 4.69) is 5.32 Å². The Morgan fingerprint density at radius 1 is 1.17 bits per heavy atom. The van der Waals surface area contributed by atoms with Crippen molar-refractivity contribution in [3.8, 4) is 0 Å². The molecule has 36 heavy (non-hydrogen) atoms. The highest BCUT2D eigenvalue weighted by Crippen LogP contribution is 2.33. The number of sulfonamides is 1. The lowest BCUT2D eigenvalue weighted by molar-refractivity contribution is -0.137. The number of hydrogen-bond acceptors (Lipinski definition) is 4. The van der Waals surface area contributed by atoms with Crippen LogP contribution < -0.4 is 5.32 Å². The Morgan fingerprint density at radius 3 is 2.42 bits per heavy atom. The van der Waals surface area contributed by atoms with Crippen LogP contribution in [0.1, 0.15) is 38.7 Å². The first kappa shape index (κ1) is 28.2. The number of rotatable bonds is 8. The van der Waals surface area contributed by atoms with E-state index in [4.69, 9.17) is 11.6 Å². The van der Waals surface area contributed by atoms with Gasteiger partial charge >= 0.3 is 6.18 Å². The number of carbonyl (C=O) groups excluding carboxylic acids is 1. The van der Waals surface area contributed by atoms with Gasteiger partial charge in [0.05, 0.1) is 21.2 Å². The minimum absolute atomic E-state index is 0.129. The van der Waals surface area contributed by atoms with E-state index in [0.717, 1.165) is 12.1 Å². The molecule has 1 fully saturated rings. The van der Waals surface area contributed by atoms with Crippen LogP contribution in [0.5, 0.6) is 0 Å². The van der Waals surface area contributed by atoms with E-state index in [-0.39, 0.29) is 23.9 Å². The van der Waals surface area contributed by atoms with Crippen molar-refractivity contribution in [3.63, 3.8) is 0 Å². The monoisotopic (exact) mass is 549 g/mol. The van der Waals surface area contributed by atoms with Crippen molar-refractivity contribution in [1.29, 1.82) is 0 Å². The van der Waals surface area contributed by atoms with Gasteiger partial charge in [-0.25, -0.2) is 12.8 Å². The minimum Gasteiger partial charge on any atom is -0.383 e. The Bertz CT molecular complexity index is 1180. The molecule has 2 aromatic rings. The van der Waals surface area contributed by atoms with Crippen molar-refractivity contribution in [3.05, 3.63) is 58.9 Å². The van der Waals surface area contributed by atoms with E-state index in [1.165, 1.54) is 28.6 Å². The van der Waals surface area contributed by atoms with Crippen LogP contribution in [0.15, 0.2) is 47.4 Å². The fourth-order valence-electron chi connectivity index (χ4n) is 4.31. The Balaban J connectivity index is 1.62. The van der Waals surface area contributed by atoms with Gasteiger partial charge in [0.2, 0.25) is 15.9 Å². The summed E-state index contributed by atoms with van der Waals surface area (Å²) >= 11 is 5.97. The van der Waals surface area contributed by atoms with E-state index in [1.807, 2.05) is 0 Å². The van der Waals surface area contributed by atoms with Crippen molar-refractivity contribution in [2.45, 2.75) is 56.3 Å². The zero-order chi connectivity index (χ0) is 26.7. The molecule has 0 aromatic heterocycles. The normalized spacial score (nSPS) is 15.5. The average Bonchev–Trinajstić information content (AvgIpc) is 2.80. The van der Waals surface area contributed by atoms with Crippen LogP contribution in [0, 0.1) is 5.82 Å². The number of halogens is 5. The highest BCUT2D eigenvalue weighted by molar-refractivity contribution is 7.89. The highest BCUT2D eigenvalue weighted by atomic mass is 35.5. The lowest BCUT2D eigenvalue weighted by Gasteiger charge is -2.39. The summed E-state index contributed by atoms with van der Waals surface area (Å²) in [7, 11) is -4.19. The third-order valence-corrected chi connectivity index (χ3v) is 8.45. The number of carbonyl (C=O) groups is 1. The van der Waals surface area contributed by atoms with Crippen LogP contribution in [0.4, 0.5) is 23.2 Å². The summed E-state index contributed by atoms with van der Waals surface area (Å²) in [5.41, 5.74) is -0.514. The highest BCUT2D eigenvalue weighted by Gasteiger charge is 2.38. The molecular weight excluding hydrogens is 522 g/mol.